The van der Waals surface area contributed by atoms with Gasteiger partial charge in [-0.05, 0) is 26.0 Å². The zero-order chi connectivity index (χ0) is 37.3. The van der Waals surface area contributed by atoms with Crippen LogP contribution in [0.2, 0.25) is 0 Å². The predicted molar refractivity (Wildman–Crippen MR) is 121 cm³/mol. The number of nitriles is 1. The molecule has 4 heteroatoms. The van der Waals surface area contributed by atoms with Crippen LogP contribution in [-0.2, 0) is 0 Å². The van der Waals surface area contributed by atoms with E-state index in [4.69, 9.17) is 38.1 Å². The van der Waals surface area contributed by atoms with Crippen LogP contribution in [0.4, 0.5) is 0 Å². The fraction of sp³-hybridized carbons (Fsp3) is 0. The molecule has 0 radical (unpaired) electrons. The van der Waals surface area contributed by atoms with Crippen LogP contribution in [0.15, 0.2) is 121 Å². The molecule has 0 heterocycles. The van der Waals surface area contributed by atoms with Crippen LogP contribution in [0.5, 0.6) is 0 Å². The molecule has 0 saturated heterocycles. The van der Waals surface area contributed by atoms with E-state index in [-0.39, 0.29) is 75.8 Å². The third-order valence-electron chi connectivity index (χ3n) is 2.49. The van der Waals surface area contributed by atoms with E-state index in [0.29, 0.717) is 0 Å². The minimum atomic E-state index is -0.719. The van der Waals surface area contributed by atoms with Gasteiger partial charge < -0.3 is 17.0 Å². The average molecular weight is 486 g/mol. The number of nitrogens with one attached hydrogen (secondary N) is 1. The van der Waals surface area contributed by atoms with Gasteiger partial charge in [-0.25, -0.2) is 0 Å². The maximum Gasteiger partial charge on any atom is 2.00 e. The van der Waals surface area contributed by atoms with Crippen molar-refractivity contribution in [2.24, 2.45) is 0 Å². The Kier molecular flexibility index (Phi) is 5.04. The summed E-state index contributed by atoms with van der Waals surface area (Å²) >= 11 is 0. The molecule has 144 valence electrons. The smallest absolute Gasteiger partial charge is 1.00 e. The van der Waals surface area contributed by atoms with Gasteiger partial charge in [-0.1, -0.05) is 78.6 Å². The van der Waals surface area contributed by atoms with Crippen molar-refractivity contribution >= 4 is 28.8 Å². The zero-order valence-corrected chi connectivity index (χ0v) is 18.0. The third-order valence-corrected chi connectivity index (χ3v) is 2.49. The van der Waals surface area contributed by atoms with Crippen LogP contribution in [0.25, 0.3) is 0 Å². The van der Waals surface area contributed by atoms with E-state index >= 15 is 0 Å². The van der Waals surface area contributed by atoms with Crippen LogP contribution in [0, 0.1) is 22.8 Å². The quantitative estimate of drug-likeness (QED) is 0.265. The number of benzene rings is 4. The first-order valence-corrected chi connectivity index (χ1v) is 7.22. The second-order valence-electron chi connectivity index (χ2n) is 4.24. The van der Waals surface area contributed by atoms with Crippen LogP contribution >= 0.6 is 0 Å². The van der Waals surface area contributed by atoms with Gasteiger partial charge in [0.2, 0.25) is 0 Å². The molecule has 0 unspecified atom stereocenters. The molecule has 0 aliphatic rings. The summed E-state index contributed by atoms with van der Waals surface area (Å²) in [5, 5.41) is 16.6. The van der Waals surface area contributed by atoms with E-state index in [0.717, 1.165) is 0 Å². The van der Waals surface area contributed by atoms with Crippen LogP contribution in [-0.4, -0.2) is 28.8 Å². The second-order valence-corrected chi connectivity index (χ2v) is 4.24. The van der Waals surface area contributed by atoms with Crippen molar-refractivity contribution in [3.8, 4) is 6.07 Å². The topological polar surface area (TPSA) is 47.6 Å². The first-order valence-electron chi connectivity index (χ1n) is 17.2. The molecule has 2 nitrogen and oxygen atoms in total. The van der Waals surface area contributed by atoms with E-state index in [2.05, 4.69) is 6.07 Å². The summed E-state index contributed by atoms with van der Waals surface area (Å²) in [6, 6.07) is -6.82. The van der Waals surface area contributed by atoms with Crippen LogP contribution < -0.4 is 17.0 Å². The van der Waals surface area contributed by atoms with Crippen LogP contribution in [0.3, 0.4) is 0 Å². The van der Waals surface area contributed by atoms with Crippen LogP contribution in [0.1, 0.15) is 44.1 Å². The number of halogens is 1. The minimum absolute atomic E-state index is 0. The molecule has 0 aromatic heterocycles. The van der Waals surface area contributed by atoms with Gasteiger partial charge >= 0.3 is 23.1 Å². The molecule has 4 aromatic carbocycles. The van der Waals surface area contributed by atoms with Gasteiger partial charge in [-0.15, -0.1) is 0 Å². The number of nitrogens with zero attached hydrogens (tertiary/aromatic N) is 1. The van der Waals surface area contributed by atoms with E-state index in [1.807, 2.05) is 0 Å². The minimum Gasteiger partial charge on any atom is -1.00 e. The van der Waals surface area contributed by atoms with E-state index in [1.54, 1.807) is 6.07 Å². The van der Waals surface area contributed by atoms with Gasteiger partial charge in [0.05, 0.1) is 37.9 Å². The van der Waals surface area contributed by atoms with Gasteiger partial charge in [-0.3, -0.25) is 5.41 Å². The molecule has 4 aromatic rings. The van der Waals surface area contributed by atoms with E-state index in [1.165, 1.54) is 0 Å². The molecule has 1 N–H and O–H groups in total. The van der Waals surface area contributed by atoms with Crippen molar-refractivity contribution in [1.82, 2.24) is 0 Å². The van der Waals surface area contributed by atoms with Gasteiger partial charge in [0.1, 0.15) is 0 Å². The molecular weight excluding hydrogens is 445 g/mol. The van der Waals surface area contributed by atoms with Gasteiger partial charge in [0.25, 0.3) is 0 Å². The normalized spacial score (nSPS) is 17.6. The van der Waals surface area contributed by atoms with E-state index in [9.17, 15) is 0 Å². The van der Waals surface area contributed by atoms with Crippen molar-refractivity contribution in [1.29, 1.82) is 10.7 Å². The molecule has 0 aliphatic heterocycles. The third kappa shape index (κ3) is 10.7. The Morgan fingerprint density at radius 2 is 1.07 bits per heavy atom. The Hall–Kier alpha value is -2.71. The standard InChI is InChI=1S/C13H11N.C7H5N.C6H5.BrH.Mg/c14-13(11-7-3-1-4-8-11)12-9-5-2-6-10-12;8-6-7-4-2-1-3-5-7;1-2-4-6-5-3-1;;/h1-10,14H;1-5H;1-5H;1H;/q;;-1;;+2/p-1/i1D,2D,3D,4D,5D,6D,7D,8D,9D,10D;2*1D,2D,3D,4D,5D;;. The SMILES string of the molecule is [2H]c1[c-]c([2H])c([2H])c([2H])c1[2H].[2H]c1c([2H])c([2H])c(C#N)c([2H])c1[2H].[2H]c1c([2H])c([2H])c(C(=N)c2c([2H])c([2H])c([2H])c([2H])c2[2H])c([2H])c1[2H].[Br-].[Mg+2]. The Morgan fingerprint density at radius 1 is 0.700 bits per heavy atom. The summed E-state index contributed by atoms with van der Waals surface area (Å²) in [6.45, 7) is 0. The fourth-order valence-electron chi connectivity index (χ4n) is 1.37. The van der Waals surface area contributed by atoms with Crippen molar-refractivity contribution in [3.05, 3.63) is 144 Å². The molecule has 0 saturated carbocycles. The second kappa shape index (κ2) is 17.2. The predicted octanol–water partition coefficient (Wildman–Crippen LogP) is 2.77. The summed E-state index contributed by atoms with van der Waals surface area (Å²) in [7, 11) is 0. The molecule has 0 amide bonds. The van der Waals surface area contributed by atoms with Gasteiger partial charge in [0.15, 0.2) is 0 Å². The molecule has 4 rings (SSSR count). The van der Waals surface area contributed by atoms with Crippen molar-refractivity contribution in [2.75, 3.05) is 0 Å². The average Bonchev–Trinajstić information content (AvgIpc) is 3.05. The maximum absolute atomic E-state index is 8.52. The molecule has 0 bridgehead atoms. The monoisotopic (exact) mass is 484 g/mol. The number of hydrogen-bond donors (Lipinski definition) is 1. The first kappa shape index (κ1) is 8.80. The summed E-state index contributed by atoms with van der Waals surface area (Å²) in [5.74, 6) is 0. The van der Waals surface area contributed by atoms with Gasteiger partial charge in [-0.2, -0.15) is 41.5 Å². The summed E-state index contributed by atoms with van der Waals surface area (Å²) < 4.78 is 148. The van der Waals surface area contributed by atoms with E-state index < -0.39 is 107 Å². The first-order chi connectivity index (χ1) is 22.1. The van der Waals surface area contributed by atoms with Crippen molar-refractivity contribution in [3.63, 3.8) is 0 Å². The Labute approximate surface area is 233 Å². The summed E-state index contributed by atoms with van der Waals surface area (Å²) in [5.41, 5.74) is -2.06. The molecular formula is C26H21BrMgN2. The Bertz CT molecular complexity index is 1850. The zero-order valence-electron chi connectivity index (χ0n) is 35.0. The molecule has 30 heavy (non-hydrogen) atoms. The molecule has 0 atom stereocenters. The maximum atomic E-state index is 8.52. The summed E-state index contributed by atoms with van der Waals surface area (Å²) in [6.07, 6.45) is 0. The number of rotatable bonds is 2. The largest absolute Gasteiger partial charge is 2.00 e. The number of hydrogen-bond acceptors (Lipinski definition) is 2. The molecule has 0 spiro atoms. The Morgan fingerprint density at radius 3 is 1.47 bits per heavy atom. The van der Waals surface area contributed by atoms with Crippen molar-refractivity contribution < 1.29 is 44.4 Å². The van der Waals surface area contributed by atoms with Crippen molar-refractivity contribution in [2.45, 2.75) is 0 Å². The van der Waals surface area contributed by atoms with Gasteiger partial charge in [0, 0.05) is 4.11 Å². The Balaban J connectivity index is 0.000000782. The molecule has 0 fully saturated rings. The fourth-order valence-corrected chi connectivity index (χ4v) is 1.37. The summed E-state index contributed by atoms with van der Waals surface area (Å²) in [4.78, 5) is 0. The molecule has 0 aliphatic carbocycles.